The monoisotopic (exact) mass is 362 g/mol. The predicted molar refractivity (Wildman–Crippen MR) is 92.9 cm³/mol. The highest BCUT2D eigenvalue weighted by molar-refractivity contribution is 6.39. The van der Waals surface area contributed by atoms with E-state index in [1.165, 1.54) is 24.3 Å². The van der Waals surface area contributed by atoms with Gasteiger partial charge in [-0.15, -0.1) is 0 Å². The molecule has 0 heterocycles. The first-order valence-corrected chi connectivity index (χ1v) is 7.42. The number of aromatic hydroxyl groups is 1. The van der Waals surface area contributed by atoms with Gasteiger partial charge in [0, 0.05) is 16.4 Å². The lowest BCUT2D eigenvalue weighted by molar-refractivity contribution is -0.136. The summed E-state index contributed by atoms with van der Waals surface area (Å²) in [5, 5.41) is 12.3. The summed E-state index contributed by atoms with van der Waals surface area (Å²) in [5.41, 5.74) is 11.0. The summed E-state index contributed by atoms with van der Waals surface area (Å²) in [6, 6.07) is 8.69. The lowest BCUT2D eigenvalue weighted by Crippen LogP contribution is -2.46. The number of nitrogen functional groups attached to an aromatic ring is 1. The van der Waals surface area contributed by atoms with Gasteiger partial charge < -0.3 is 16.2 Å². The molecule has 0 aromatic heterocycles. The van der Waals surface area contributed by atoms with Crippen LogP contribution >= 0.6 is 11.6 Å². The largest absolute Gasteiger partial charge is 0.507 e. The fourth-order valence-electron chi connectivity index (χ4n) is 1.89. The van der Waals surface area contributed by atoms with Gasteiger partial charge in [0.1, 0.15) is 5.75 Å². The van der Waals surface area contributed by atoms with Crippen LogP contribution in [0, 0.1) is 6.92 Å². The Hall–Kier alpha value is -3.26. The summed E-state index contributed by atoms with van der Waals surface area (Å²) >= 11 is 5.67. The summed E-state index contributed by atoms with van der Waals surface area (Å²) in [7, 11) is 0. The molecule has 0 spiro atoms. The molecular weight excluding hydrogens is 348 g/mol. The van der Waals surface area contributed by atoms with Crippen molar-refractivity contribution in [3.63, 3.8) is 0 Å². The topological polar surface area (TPSA) is 134 Å². The van der Waals surface area contributed by atoms with Gasteiger partial charge in [0.25, 0.3) is 5.91 Å². The summed E-state index contributed by atoms with van der Waals surface area (Å²) < 4.78 is 0. The van der Waals surface area contributed by atoms with Crippen molar-refractivity contribution in [2.24, 2.45) is 0 Å². The first-order chi connectivity index (χ1) is 11.8. The van der Waals surface area contributed by atoms with E-state index in [0.29, 0.717) is 16.9 Å². The number of nitrogens with two attached hydrogens (primary N) is 1. The van der Waals surface area contributed by atoms with Crippen LogP contribution in [0.5, 0.6) is 5.75 Å². The van der Waals surface area contributed by atoms with Crippen LogP contribution in [0.25, 0.3) is 0 Å². The summed E-state index contributed by atoms with van der Waals surface area (Å²) in [4.78, 5) is 35.5. The van der Waals surface area contributed by atoms with E-state index in [0.717, 1.165) is 0 Å². The number of aryl methyl sites for hydroxylation is 1. The van der Waals surface area contributed by atoms with Gasteiger partial charge in [0.05, 0.1) is 5.56 Å². The Labute approximate surface area is 147 Å². The minimum absolute atomic E-state index is 0.114. The standard InChI is InChI=1S/C16H15ClN4O4/c1-8-2-4-10(18)7-12(8)19-15(24)16(25)21-20-14(23)11-5-3-9(17)6-13(11)22/h2-7,22H,18H2,1H3,(H,19,24)(H,20,23)(H,21,25). The lowest BCUT2D eigenvalue weighted by atomic mass is 10.2. The van der Waals surface area contributed by atoms with Crippen LogP contribution in [0.1, 0.15) is 15.9 Å². The van der Waals surface area contributed by atoms with Crippen molar-refractivity contribution in [1.29, 1.82) is 0 Å². The Morgan fingerprint density at radius 2 is 1.76 bits per heavy atom. The van der Waals surface area contributed by atoms with E-state index in [9.17, 15) is 19.5 Å². The highest BCUT2D eigenvalue weighted by Crippen LogP contribution is 2.21. The van der Waals surface area contributed by atoms with Crippen molar-refractivity contribution in [2.75, 3.05) is 11.1 Å². The predicted octanol–water partition coefficient (Wildman–Crippen LogP) is 1.34. The maximum absolute atomic E-state index is 11.9. The molecule has 0 radical (unpaired) electrons. The van der Waals surface area contributed by atoms with Crippen molar-refractivity contribution < 1.29 is 19.5 Å². The number of hydrogen-bond acceptors (Lipinski definition) is 5. The van der Waals surface area contributed by atoms with Gasteiger partial charge in [0.2, 0.25) is 0 Å². The Morgan fingerprint density at radius 1 is 1.04 bits per heavy atom. The van der Waals surface area contributed by atoms with Crippen LogP contribution in [-0.2, 0) is 9.59 Å². The Balaban J connectivity index is 1.96. The third kappa shape index (κ3) is 4.61. The molecule has 0 unspecified atom stereocenters. The molecule has 9 heteroatoms. The zero-order valence-electron chi connectivity index (χ0n) is 13.1. The highest BCUT2D eigenvalue weighted by Gasteiger charge is 2.17. The quantitative estimate of drug-likeness (QED) is 0.312. The van der Waals surface area contributed by atoms with Crippen molar-refractivity contribution in [3.8, 4) is 5.75 Å². The molecule has 0 bridgehead atoms. The van der Waals surface area contributed by atoms with Crippen LogP contribution in [0.3, 0.4) is 0 Å². The molecule has 0 aliphatic carbocycles. The summed E-state index contributed by atoms with van der Waals surface area (Å²) in [6.45, 7) is 1.73. The average molecular weight is 363 g/mol. The average Bonchev–Trinajstić information content (AvgIpc) is 2.55. The first-order valence-electron chi connectivity index (χ1n) is 7.04. The fourth-order valence-corrected chi connectivity index (χ4v) is 2.05. The number of carbonyl (C=O) groups is 3. The van der Waals surface area contributed by atoms with Gasteiger partial charge in [-0.1, -0.05) is 17.7 Å². The maximum Gasteiger partial charge on any atom is 0.328 e. The van der Waals surface area contributed by atoms with Crippen molar-refractivity contribution in [3.05, 3.63) is 52.5 Å². The highest BCUT2D eigenvalue weighted by atomic mass is 35.5. The number of rotatable bonds is 2. The van der Waals surface area contributed by atoms with Gasteiger partial charge in [-0.05, 0) is 42.8 Å². The number of hydrogen-bond donors (Lipinski definition) is 5. The molecule has 0 saturated heterocycles. The second-order valence-corrected chi connectivity index (χ2v) is 5.53. The third-order valence-corrected chi connectivity index (χ3v) is 3.45. The Kier molecular flexibility index (Phi) is 5.45. The SMILES string of the molecule is Cc1ccc(N)cc1NC(=O)C(=O)NNC(=O)c1ccc(Cl)cc1O. The van der Waals surface area contributed by atoms with Crippen LogP contribution in [0.2, 0.25) is 5.02 Å². The van der Waals surface area contributed by atoms with Crippen molar-refractivity contribution >= 4 is 40.7 Å². The van der Waals surface area contributed by atoms with Gasteiger partial charge in [-0.3, -0.25) is 25.2 Å². The molecule has 0 saturated carbocycles. The number of anilines is 2. The molecule has 25 heavy (non-hydrogen) atoms. The van der Waals surface area contributed by atoms with Gasteiger partial charge >= 0.3 is 11.8 Å². The van der Waals surface area contributed by atoms with Crippen molar-refractivity contribution in [1.82, 2.24) is 10.9 Å². The number of phenolic OH excluding ortho intramolecular Hbond substituents is 1. The second kappa shape index (κ2) is 7.54. The molecular formula is C16H15ClN4O4. The van der Waals surface area contributed by atoms with E-state index in [1.54, 1.807) is 19.1 Å². The molecule has 0 atom stereocenters. The number of hydrazine groups is 1. The second-order valence-electron chi connectivity index (χ2n) is 5.10. The Morgan fingerprint density at radius 3 is 2.44 bits per heavy atom. The lowest BCUT2D eigenvalue weighted by Gasteiger charge is -2.10. The molecule has 2 aromatic rings. The van der Waals surface area contributed by atoms with Crippen LogP contribution in [0.4, 0.5) is 11.4 Å². The van der Waals surface area contributed by atoms with Gasteiger partial charge in [-0.25, -0.2) is 0 Å². The molecule has 0 aliphatic heterocycles. The van der Waals surface area contributed by atoms with E-state index in [2.05, 4.69) is 5.32 Å². The van der Waals surface area contributed by atoms with Crippen molar-refractivity contribution in [2.45, 2.75) is 6.92 Å². The van der Waals surface area contributed by atoms with Crippen LogP contribution in [0.15, 0.2) is 36.4 Å². The molecule has 3 amide bonds. The minimum atomic E-state index is -1.09. The maximum atomic E-state index is 11.9. The molecule has 0 aliphatic rings. The van der Waals surface area contributed by atoms with E-state index >= 15 is 0 Å². The molecule has 6 N–H and O–H groups in total. The van der Waals surface area contributed by atoms with Crippen LogP contribution in [-0.4, -0.2) is 22.8 Å². The number of phenols is 1. The number of halogens is 1. The molecule has 0 fully saturated rings. The zero-order valence-corrected chi connectivity index (χ0v) is 13.8. The first kappa shape index (κ1) is 18.1. The zero-order chi connectivity index (χ0) is 18.6. The number of nitrogens with one attached hydrogen (secondary N) is 3. The summed E-state index contributed by atoms with van der Waals surface area (Å²) in [5.74, 6) is -3.26. The van der Waals surface area contributed by atoms with E-state index in [-0.39, 0.29) is 16.3 Å². The van der Waals surface area contributed by atoms with E-state index in [1.807, 2.05) is 10.9 Å². The third-order valence-electron chi connectivity index (χ3n) is 3.21. The van der Waals surface area contributed by atoms with Gasteiger partial charge in [0.15, 0.2) is 0 Å². The van der Waals surface area contributed by atoms with E-state index in [4.69, 9.17) is 17.3 Å². The molecule has 8 nitrogen and oxygen atoms in total. The van der Waals surface area contributed by atoms with Gasteiger partial charge in [-0.2, -0.15) is 0 Å². The minimum Gasteiger partial charge on any atom is -0.507 e. The molecule has 130 valence electrons. The Bertz CT molecular complexity index is 854. The molecule has 2 rings (SSSR count). The number of carbonyl (C=O) groups excluding carboxylic acids is 3. The smallest absolute Gasteiger partial charge is 0.328 e. The van der Waals surface area contributed by atoms with E-state index < -0.39 is 17.7 Å². The number of amides is 3. The fraction of sp³-hybridized carbons (Fsp3) is 0.0625. The molecule has 2 aromatic carbocycles. The van der Waals surface area contributed by atoms with Crippen LogP contribution < -0.4 is 21.9 Å². The summed E-state index contributed by atoms with van der Waals surface area (Å²) in [6.07, 6.45) is 0. The normalized spacial score (nSPS) is 10.0. The number of benzene rings is 2.